The molecule has 0 saturated heterocycles. The van der Waals surface area contributed by atoms with Crippen molar-refractivity contribution in [3.8, 4) is 0 Å². The maximum atomic E-state index is 11.0. The molecule has 0 radical (unpaired) electrons. The smallest absolute Gasteiger partial charge is 1.00 e. The largest absolute Gasteiger partial charge is 1.00 e. The van der Waals surface area contributed by atoms with Crippen molar-refractivity contribution in [2.24, 2.45) is 0 Å². The summed E-state index contributed by atoms with van der Waals surface area (Å²) in [4.78, 5) is -0.850. The third-order valence-electron chi connectivity index (χ3n) is 2.53. The SMILES string of the molecule is Nc1cc(S(=O)(=O)O)cc2cc(S(=O)(=O)O)ccc12.[H-].[Na+]. The Hall–Kier alpha value is -0.680. The second-order valence-corrected chi connectivity index (χ2v) is 6.69. The van der Waals surface area contributed by atoms with E-state index in [9.17, 15) is 16.8 Å². The molecule has 0 bridgehead atoms. The Morgan fingerprint density at radius 2 is 1.40 bits per heavy atom. The summed E-state index contributed by atoms with van der Waals surface area (Å²) in [5, 5.41) is 0.572. The number of hydrogen-bond donors (Lipinski definition) is 3. The van der Waals surface area contributed by atoms with Gasteiger partial charge in [-0.05, 0) is 29.7 Å². The quantitative estimate of drug-likeness (QED) is 0.331. The van der Waals surface area contributed by atoms with Crippen molar-refractivity contribution in [1.29, 1.82) is 0 Å². The van der Waals surface area contributed by atoms with Crippen LogP contribution in [0.1, 0.15) is 1.43 Å². The van der Waals surface area contributed by atoms with Crippen molar-refractivity contribution in [3.63, 3.8) is 0 Å². The predicted molar refractivity (Wildman–Crippen MR) is 69.1 cm³/mol. The number of rotatable bonds is 2. The molecule has 2 aromatic carbocycles. The topological polar surface area (TPSA) is 135 Å². The molecule has 104 valence electrons. The van der Waals surface area contributed by atoms with Gasteiger partial charge in [0.1, 0.15) is 0 Å². The van der Waals surface area contributed by atoms with E-state index < -0.39 is 30.0 Å². The van der Waals surface area contributed by atoms with E-state index in [1.165, 1.54) is 6.07 Å². The molecule has 0 spiro atoms. The number of nitrogen functional groups attached to an aromatic ring is 1. The van der Waals surface area contributed by atoms with Crippen LogP contribution in [-0.2, 0) is 20.2 Å². The summed E-state index contributed by atoms with van der Waals surface area (Å²) in [6.45, 7) is 0. The van der Waals surface area contributed by atoms with Gasteiger partial charge in [-0.1, -0.05) is 6.07 Å². The molecule has 0 aliphatic heterocycles. The van der Waals surface area contributed by atoms with Crippen LogP contribution in [0.5, 0.6) is 0 Å². The first-order valence-electron chi connectivity index (χ1n) is 4.87. The summed E-state index contributed by atoms with van der Waals surface area (Å²) in [6, 6.07) is 5.67. The minimum Gasteiger partial charge on any atom is -1.00 e. The maximum Gasteiger partial charge on any atom is 1.00 e. The molecule has 2 rings (SSSR count). The fourth-order valence-electron chi connectivity index (χ4n) is 1.66. The van der Waals surface area contributed by atoms with E-state index in [1.54, 1.807) is 0 Å². The zero-order chi connectivity index (χ0) is 14.4. The molecule has 2 aromatic rings. The van der Waals surface area contributed by atoms with Gasteiger partial charge in [0.2, 0.25) is 0 Å². The molecule has 0 amide bonds. The van der Waals surface area contributed by atoms with Gasteiger partial charge < -0.3 is 7.16 Å². The molecule has 0 unspecified atom stereocenters. The Balaban J connectivity index is 0.00000200. The third-order valence-corrected chi connectivity index (χ3v) is 4.21. The van der Waals surface area contributed by atoms with Gasteiger partial charge in [0.25, 0.3) is 20.2 Å². The van der Waals surface area contributed by atoms with E-state index in [0.29, 0.717) is 5.39 Å². The van der Waals surface area contributed by atoms with Gasteiger partial charge in [-0.15, -0.1) is 0 Å². The molecule has 0 aromatic heterocycles. The summed E-state index contributed by atoms with van der Waals surface area (Å²) in [7, 11) is -8.87. The first-order chi connectivity index (χ1) is 8.59. The fourth-order valence-corrected chi connectivity index (χ4v) is 2.73. The van der Waals surface area contributed by atoms with Gasteiger partial charge in [-0.25, -0.2) is 0 Å². The van der Waals surface area contributed by atoms with E-state index >= 15 is 0 Å². The first kappa shape index (κ1) is 17.4. The molecule has 0 aliphatic rings. The van der Waals surface area contributed by atoms with Crippen molar-refractivity contribution in [1.82, 2.24) is 0 Å². The van der Waals surface area contributed by atoms with E-state index in [-0.39, 0.29) is 42.1 Å². The first-order valence-corrected chi connectivity index (χ1v) is 7.75. The van der Waals surface area contributed by atoms with Crippen LogP contribution in [0, 0.1) is 0 Å². The maximum absolute atomic E-state index is 11.0. The molecule has 0 heterocycles. The van der Waals surface area contributed by atoms with Crippen molar-refractivity contribution in [2.45, 2.75) is 9.79 Å². The third kappa shape index (κ3) is 3.50. The van der Waals surface area contributed by atoms with Crippen LogP contribution in [-0.4, -0.2) is 25.9 Å². The second kappa shape index (κ2) is 5.60. The Kier molecular flexibility index (Phi) is 4.87. The Labute approximate surface area is 139 Å². The number of benzene rings is 2. The Bertz CT molecular complexity index is 877. The van der Waals surface area contributed by atoms with E-state index in [4.69, 9.17) is 14.8 Å². The molecule has 10 heteroatoms. The number of anilines is 1. The molecular weight excluding hydrogens is 317 g/mol. The van der Waals surface area contributed by atoms with Gasteiger partial charge in [0, 0.05) is 11.1 Å². The van der Waals surface area contributed by atoms with E-state index in [1.807, 2.05) is 0 Å². The van der Waals surface area contributed by atoms with Gasteiger partial charge in [0.15, 0.2) is 0 Å². The monoisotopic (exact) mass is 327 g/mol. The zero-order valence-corrected chi connectivity index (χ0v) is 13.9. The standard InChI is InChI=1S/C10H9NO6S2.Na.H/c11-10-5-8(19(15,16)17)4-6-3-7(18(12,13)14)1-2-9(6)10;;/h1-5H,11H2,(H,12,13,14)(H,15,16,17);;/q;+1;-1. The molecule has 4 N–H and O–H groups in total. The van der Waals surface area contributed by atoms with Crippen LogP contribution in [0.3, 0.4) is 0 Å². The van der Waals surface area contributed by atoms with Crippen LogP contribution in [0.15, 0.2) is 40.1 Å². The van der Waals surface area contributed by atoms with Gasteiger partial charge in [-0.2, -0.15) is 16.8 Å². The van der Waals surface area contributed by atoms with E-state index in [0.717, 1.165) is 24.3 Å². The minimum atomic E-state index is -4.46. The molecular formula is C10H10NNaO6S2. The molecule has 20 heavy (non-hydrogen) atoms. The van der Waals surface area contributed by atoms with Crippen molar-refractivity contribution in [3.05, 3.63) is 30.3 Å². The molecule has 0 atom stereocenters. The van der Waals surface area contributed by atoms with Crippen molar-refractivity contribution in [2.75, 3.05) is 5.73 Å². The van der Waals surface area contributed by atoms with Gasteiger partial charge >= 0.3 is 29.6 Å². The Morgan fingerprint density at radius 3 is 1.90 bits per heavy atom. The predicted octanol–water partition coefficient (Wildman–Crippen LogP) is -1.97. The normalized spacial score (nSPS) is 12.1. The van der Waals surface area contributed by atoms with Crippen LogP contribution in [0.2, 0.25) is 0 Å². The van der Waals surface area contributed by atoms with Crippen LogP contribution in [0.4, 0.5) is 5.69 Å². The Morgan fingerprint density at radius 1 is 0.900 bits per heavy atom. The summed E-state index contributed by atoms with van der Waals surface area (Å²) >= 11 is 0. The van der Waals surface area contributed by atoms with Gasteiger partial charge in [0.05, 0.1) is 9.79 Å². The fraction of sp³-hybridized carbons (Fsp3) is 0. The number of hydrogen-bond acceptors (Lipinski definition) is 5. The summed E-state index contributed by atoms with van der Waals surface area (Å²) < 4.78 is 62.0. The second-order valence-electron chi connectivity index (χ2n) is 3.85. The van der Waals surface area contributed by atoms with Gasteiger partial charge in [-0.3, -0.25) is 9.11 Å². The van der Waals surface area contributed by atoms with Crippen LogP contribution in [0.25, 0.3) is 10.8 Å². The van der Waals surface area contributed by atoms with Crippen molar-refractivity contribution < 1.29 is 56.9 Å². The van der Waals surface area contributed by atoms with Crippen LogP contribution < -0.4 is 35.3 Å². The summed E-state index contributed by atoms with van der Waals surface area (Å²) in [5.41, 5.74) is 5.69. The summed E-state index contributed by atoms with van der Waals surface area (Å²) in [5.74, 6) is 0. The minimum absolute atomic E-state index is 0. The zero-order valence-electron chi connectivity index (χ0n) is 11.3. The molecule has 0 saturated carbocycles. The molecule has 7 nitrogen and oxygen atoms in total. The number of nitrogens with two attached hydrogens (primary N) is 1. The average Bonchev–Trinajstić information content (AvgIpc) is 2.25. The molecule has 0 aliphatic carbocycles. The number of fused-ring (bicyclic) bond motifs is 1. The average molecular weight is 327 g/mol. The van der Waals surface area contributed by atoms with Crippen LogP contribution >= 0.6 is 0 Å². The summed E-state index contributed by atoms with van der Waals surface area (Å²) in [6.07, 6.45) is 0. The van der Waals surface area contributed by atoms with Crippen molar-refractivity contribution >= 4 is 36.7 Å². The van der Waals surface area contributed by atoms with E-state index in [2.05, 4.69) is 0 Å². The molecule has 0 fully saturated rings.